The maximum Gasteiger partial charge on any atom is 0.277 e. The number of carbonyl (C=O) groups is 1. The molecule has 6 nitrogen and oxygen atoms in total. The molecule has 0 radical (unpaired) electrons. The molecular weight excluding hydrogens is 386 g/mol. The molecule has 0 saturated heterocycles. The van der Waals surface area contributed by atoms with Crippen LogP contribution in [0.2, 0.25) is 0 Å². The van der Waals surface area contributed by atoms with Crippen molar-refractivity contribution < 1.29 is 13.9 Å². The average Bonchev–Trinajstić information content (AvgIpc) is 3.35. The van der Waals surface area contributed by atoms with E-state index in [0.717, 1.165) is 29.0 Å². The summed E-state index contributed by atoms with van der Waals surface area (Å²) >= 11 is 1.27. The number of amides is 1. The highest BCUT2D eigenvalue weighted by Crippen LogP contribution is 2.31. The molecule has 7 heteroatoms. The van der Waals surface area contributed by atoms with Crippen molar-refractivity contribution in [3.63, 3.8) is 0 Å². The van der Waals surface area contributed by atoms with Crippen LogP contribution in [-0.4, -0.2) is 27.9 Å². The molecular formula is C22H23N3O3S. The topological polar surface area (TPSA) is 68.5 Å². The van der Waals surface area contributed by atoms with Crippen molar-refractivity contribution in [1.29, 1.82) is 0 Å². The van der Waals surface area contributed by atoms with Crippen LogP contribution in [0.25, 0.3) is 0 Å². The lowest BCUT2D eigenvalue weighted by Gasteiger charge is -2.20. The van der Waals surface area contributed by atoms with Crippen LogP contribution in [0.1, 0.15) is 29.5 Å². The van der Waals surface area contributed by atoms with Crippen LogP contribution in [-0.2, 0) is 17.8 Å². The monoisotopic (exact) mass is 409 g/mol. The summed E-state index contributed by atoms with van der Waals surface area (Å²) in [6.07, 6.45) is 0.889. The van der Waals surface area contributed by atoms with Crippen molar-refractivity contribution in [3.05, 3.63) is 65.0 Å². The molecule has 2 aromatic carbocycles. The van der Waals surface area contributed by atoms with Crippen molar-refractivity contribution in [2.24, 2.45) is 0 Å². The zero-order chi connectivity index (χ0) is 20.4. The number of thioether (sulfide) groups is 1. The molecule has 29 heavy (non-hydrogen) atoms. The maximum atomic E-state index is 12.9. The van der Waals surface area contributed by atoms with E-state index in [0.29, 0.717) is 17.7 Å². The van der Waals surface area contributed by atoms with Gasteiger partial charge in [0, 0.05) is 12.2 Å². The molecule has 150 valence electrons. The van der Waals surface area contributed by atoms with Gasteiger partial charge in [0.05, 0.1) is 5.25 Å². The first-order chi connectivity index (χ1) is 14.0. The lowest BCUT2D eigenvalue weighted by Crippen LogP contribution is -2.35. The highest BCUT2D eigenvalue weighted by molar-refractivity contribution is 8.00. The minimum atomic E-state index is -0.325. The van der Waals surface area contributed by atoms with Gasteiger partial charge in [0.2, 0.25) is 5.91 Å². The van der Waals surface area contributed by atoms with Gasteiger partial charge in [0.25, 0.3) is 11.1 Å². The largest absolute Gasteiger partial charge is 0.484 e. The van der Waals surface area contributed by atoms with E-state index >= 15 is 0 Å². The quantitative estimate of drug-likeness (QED) is 0.564. The number of fused-ring (bicyclic) bond motifs is 1. The lowest BCUT2D eigenvalue weighted by atomic mass is 10.1. The molecule has 0 aliphatic carbocycles. The smallest absolute Gasteiger partial charge is 0.277 e. The molecule has 1 unspecified atom stereocenters. The molecule has 1 aromatic heterocycles. The molecule has 1 atom stereocenters. The Morgan fingerprint density at radius 2 is 2.07 bits per heavy atom. The van der Waals surface area contributed by atoms with Gasteiger partial charge in [-0.3, -0.25) is 4.79 Å². The third-order valence-electron chi connectivity index (χ3n) is 4.92. The maximum absolute atomic E-state index is 12.9. The van der Waals surface area contributed by atoms with Gasteiger partial charge in [0.1, 0.15) is 5.75 Å². The van der Waals surface area contributed by atoms with Gasteiger partial charge in [-0.15, -0.1) is 10.2 Å². The van der Waals surface area contributed by atoms with Gasteiger partial charge in [-0.1, -0.05) is 42.1 Å². The van der Waals surface area contributed by atoms with E-state index < -0.39 is 0 Å². The molecule has 0 saturated carbocycles. The van der Waals surface area contributed by atoms with Crippen LogP contribution in [0.5, 0.6) is 5.75 Å². The molecule has 0 spiro atoms. The predicted octanol–water partition coefficient (Wildman–Crippen LogP) is 4.34. The van der Waals surface area contributed by atoms with E-state index in [1.807, 2.05) is 62.1 Å². The Kier molecular flexibility index (Phi) is 5.58. The van der Waals surface area contributed by atoms with Gasteiger partial charge in [-0.25, -0.2) is 0 Å². The Balaban J connectivity index is 1.36. The first kappa shape index (κ1) is 19.5. The van der Waals surface area contributed by atoms with Crippen molar-refractivity contribution in [1.82, 2.24) is 10.2 Å². The minimum Gasteiger partial charge on any atom is -0.484 e. The number of benzene rings is 2. The number of hydrogen-bond donors (Lipinski definition) is 0. The van der Waals surface area contributed by atoms with Crippen LogP contribution in [0.4, 0.5) is 5.69 Å². The van der Waals surface area contributed by atoms with Gasteiger partial charge in [-0.05, 0) is 56.0 Å². The molecule has 2 heterocycles. The summed E-state index contributed by atoms with van der Waals surface area (Å²) in [6, 6.07) is 14.1. The van der Waals surface area contributed by atoms with Crippen LogP contribution in [0, 0.1) is 13.8 Å². The van der Waals surface area contributed by atoms with Crippen molar-refractivity contribution in [2.45, 2.75) is 44.3 Å². The highest BCUT2D eigenvalue weighted by Gasteiger charge is 2.29. The Hall–Kier alpha value is -2.80. The number of anilines is 1. The fourth-order valence-electron chi connectivity index (χ4n) is 3.33. The molecule has 0 fully saturated rings. The fourth-order valence-corrected chi connectivity index (χ4v) is 4.10. The Labute approximate surface area is 174 Å². The van der Waals surface area contributed by atoms with Gasteiger partial charge in [-0.2, -0.15) is 0 Å². The third-order valence-corrected chi connectivity index (χ3v) is 5.84. The second-order valence-electron chi connectivity index (χ2n) is 7.15. The summed E-state index contributed by atoms with van der Waals surface area (Å²) in [6.45, 7) is 6.78. The molecule has 1 aliphatic rings. The first-order valence-corrected chi connectivity index (χ1v) is 10.5. The Morgan fingerprint density at radius 1 is 1.24 bits per heavy atom. The number of hydrogen-bond acceptors (Lipinski definition) is 6. The summed E-state index contributed by atoms with van der Waals surface area (Å²) in [5.74, 6) is 1.24. The number of carbonyl (C=O) groups excluding carboxylic acids is 1. The summed E-state index contributed by atoms with van der Waals surface area (Å²) in [5.41, 5.74) is 4.39. The lowest BCUT2D eigenvalue weighted by molar-refractivity contribution is -0.117. The molecule has 0 N–H and O–H groups in total. The normalized spacial score (nSPS) is 14.0. The van der Waals surface area contributed by atoms with Crippen LogP contribution in [0.3, 0.4) is 0 Å². The molecule has 1 amide bonds. The highest BCUT2D eigenvalue weighted by atomic mass is 32.2. The fraction of sp³-hybridized carbons (Fsp3) is 0.318. The van der Waals surface area contributed by atoms with Crippen molar-refractivity contribution >= 4 is 23.4 Å². The van der Waals surface area contributed by atoms with Crippen LogP contribution >= 0.6 is 11.8 Å². The first-order valence-electron chi connectivity index (χ1n) is 9.59. The summed E-state index contributed by atoms with van der Waals surface area (Å²) in [4.78, 5) is 14.7. The van der Waals surface area contributed by atoms with E-state index in [1.54, 1.807) is 0 Å². The molecule has 3 aromatic rings. The molecule has 4 rings (SSSR count). The van der Waals surface area contributed by atoms with E-state index in [-0.39, 0.29) is 17.8 Å². The van der Waals surface area contributed by atoms with Crippen LogP contribution in [0.15, 0.2) is 52.1 Å². The minimum absolute atomic E-state index is 0.0475. The van der Waals surface area contributed by atoms with Gasteiger partial charge < -0.3 is 14.1 Å². The zero-order valence-corrected chi connectivity index (χ0v) is 17.5. The number of para-hydroxylation sites is 1. The SMILES string of the molecule is Cc1ccc(C)c(OCc2nnc(SC(C)C(=O)N3CCc4ccccc43)o2)c1. The second-order valence-corrected chi connectivity index (χ2v) is 8.44. The molecule has 1 aliphatic heterocycles. The van der Waals surface area contributed by atoms with Crippen LogP contribution < -0.4 is 9.64 Å². The zero-order valence-electron chi connectivity index (χ0n) is 16.7. The van der Waals surface area contributed by atoms with E-state index in [9.17, 15) is 4.79 Å². The number of aryl methyl sites for hydroxylation is 2. The van der Waals surface area contributed by atoms with Gasteiger partial charge >= 0.3 is 0 Å². The summed E-state index contributed by atoms with van der Waals surface area (Å²) in [7, 11) is 0. The van der Waals surface area contributed by atoms with E-state index in [2.05, 4.69) is 16.3 Å². The second kappa shape index (κ2) is 8.29. The number of aromatic nitrogens is 2. The number of ether oxygens (including phenoxy) is 1. The number of rotatable bonds is 6. The third kappa shape index (κ3) is 4.29. The Morgan fingerprint density at radius 3 is 2.93 bits per heavy atom. The summed E-state index contributed by atoms with van der Waals surface area (Å²) in [5, 5.41) is 8.15. The van der Waals surface area contributed by atoms with E-state index in [1.165, 1.54) is 17.3 Å². The van der Waals surface area contributed by atoms with Crippen molar-refractivity contribution in [2.75, 3.05) is 11.4 Å². The number of nitrogens with zero attached hydrogens (tertiary/aromatic N) is 3. The average molecular weight is 410 g/mol. The molecule has 0 bridgehead atoms. The summed E-state index contributed by atoms with van der Waals surface area (Å²) < 4.78 is 11.5. The standard InChI is InChI=1S/C22H23N3O3S/c1-14-8-9-15(2)19(12-14)27-13-20-23-24-22(28-20)29-16(3)21(26)25-11-10-17-6-4-5-7-18(17)25/h4-9,12,16H,10-11,13H2,1-3H3. The Bertz CT molecular complexity index is 1030. The predicted molar refractivity (Wildman–Crippen MR) is 112 cm³/mol. The van der Waals surface area contributed by atoms with E-state index in [4.69, 9.17) is 9.15 Å². The van der Waals surface area contributed by atoms with Crippen molar-refractivity contribution in [3.8, 4) is 5.75 Å². The van der Waals surface area contributed by atoms with Gasteiger partial charge in [0.15, 0.2) is 6.61 Å².